The number of rotatable bonds is 2. The van der Waals surface area contributed by atoms with Crippen LogP contribution in [0.3, 0.4) is 0 Å². The minimum Gasteiger partial charge on any atom is -0.507 e. The molecule has 19 heavy (non-hydrogen) atoms. The molecule has 0 radical (unpaired) electrons. The maximum atomic E-state index is 10.1. The zero-order chi connectivity index (χ0) is 13.2. The van der Waals surface area contributed by atoms with Gasteiger partial charge in [-0.25, -0.2) is 0 Å². The minimum atomic E-state index is 0.248. The van der Waals surface area contributed by atoms with E-state index in [4.69, 9.17) is 9.47 Å². The van der Waals surface area contributed by atoms with Crippen LogP contribution in [0.5, 0.6) is 17.2 Å². The van der Waals surface area contributed by atoms with Gasteiger partial charge in [0.25, 0.3) is 0 Å². The number of nitrogens with zero attached hydrogens (tertiary/aromatic N) is 1. The second kappa shape index (κ2) is 5.29. The van der Waals surface area contributed by atoms with Gasteiger partial charge in [-0.1, -0.05) is 12.8 Å². The average Bonchev–Trinajstić information content (AvgIpc) is 2.74. The van der Waals surface area contributed by atoms with E-state index in [1.54, 1.807) is 6.07 Å². The van der Waals surface area contributed by atoms with Crippen LogP contribution in [-0.4, -0.2) is 29.4 Å². The first-order valence-corrected chi connectivity index (χ1v) is 7.09. The lowest BCUT2D eigenvalue weighted by Crippen LogP contribution is -2.31. The number of aromatic hydroxyl groups is 1. The average molecular weight is 263 g/mol. The first kappa shape index (κ1) is 12.6. The van der Waals surface area contributed by atoms with E-state index in [2.05, 4.69) is 11.8 Å². The number of hydrogen-bond donors (Lipinski definition) is 1. The van der Waals surface area contributed by atoms with Crippen molar-refractivity contribution < 1.29 is 14.6 Å². The van der Waals surface area contributed by atoms with Crippen molar-refractivity contribution in [2.75, 3.05) is 13.3 Å². The Labute approximate surface area is 113 Å². The van der Waals surface area contributed by atoms with E-state index in [0.717, 1.165) is 24.4 Å². The summed E-state index contributed by atoms with van der Waals surface area (Å²) >= 11 is 0. The molecule has 0 aromatic heterocycles. The number of likely N-dealkylation sites (tertiary alicyclic amines) is 1. The number of phenols is 1. The van der Waals surface area contributed by atoms with Crippen molar-refractivity contribution in [2.45, 2.75) is 45.2 Å². The van der Waals surface area contributed by atoms with Crippen LogP contribution < -0.4 is 9.47 Å². The molecule has 0 spiro atoms. The Kier molecular flexibility index (Phi) is 3.51. The molecule has 1 fully saturated rings. The summed E-state index contributed by atoms with van der Waals surface area (Å²) in [6, 6.07) is 4.16. The van der Waals surface area contributed by atoms with Crippen LogP contribution in [0, 0.1) is 0 Å². The predicted molar refractivity (Wildman–Crippen MR) is 72.6 cm³/mol. The lowest BCUT2D eigenvalue weighted by Gasteiger charge is -2.27. The highest BCUT2D eigenvalue weighted by Gasteiger charge is 2.21. The van der Waals surface area contributed by atoms with Crippen LogP contribution in [0.4, 0.5) is 0 Å². The first-order valence-electron chi connectivity index (χ1n) is 7.09. The predicted octanol–water partition coefficient (Wildman–Crippen LogP) is 2.89. The van der Waals surface area contributed by atoms with Crippen LogP contribution in [0.25, 0.3) is 0 Å². The smallest absolute Gasteiger partial charge is 0.231 e. The fourth-order valence-electron chi connectivity index (χ4n) is 2.89. The molecule has 2 heterocycles. The SMILES string of the molecule is CC1CCCCCN1Cc1cc2c(cc1O)OCO2. The highest BCUT2D eigenvalue weighted by Crippen LogP contribution is 2.38. The van der Waals surface area contributed by atoms with Crippen molar-refractivity contribution >= 4 is 0 Å². The van der Waals surface area contributed by atoms with Crippen molar-refractivity contribution in [1.29, 1.82) is 0 Å². The minimum absolute atomic E-state index is 0.248. The Morgan fingerprint density at radius 3 is 2.84 bits per heavy atom. The van der Waals surface area contributed by atoms with Gasteiger partial charge >= 0.3 is 0 Å². The van der Waals surface area contributed by atoms with E-state index >= 15 is 0 Å². The summed E-state index contributed by atoms with van der Waals surface area (Å²) in [5.74, 6) is 1.70. The van der Waals surface area contributed by atoms with Gasteiger partial charge in [0.1, 0.15) is 5.75 Å². The van der Waals surface area contributed by atoms with Crippen LogP contribution in [0.2, 0.25) is 0 Å². The molecule has 4 nitrogen and oxygen atoms in total. The molecule has 1 unspecified atom stereocenters. The van der Waals surface area contributed by atoms with Crippen LogP contribution in [0.15, 0.2) is 12.1 Å². The molecule has 1 N–H and O–H groups in total. The Bertz CT molecular complexity index is 461. The molecule has 0 amide bonds. The highest BCUT2D eigenvalue weighted by molar-refractivity contribution is 5.51. The topological polar surface area (TPSA) is 41.9 Å². The van der Waals surface area contributed by atoms with Gasteiger partial charge in [-0.3, -0.25) is 4.90 Å². The second-order valence-corrected chi connectivity index (χ2v) is 5.50. The normalized spacial score (nSPS) is 23.3. The molecule has 2 aliphatic heterocycles. The van der Waals surface area contributed by atoms with Crippen molar-refractivity contribution in [3.05, 3.63) is 17.7 Å². The Morgan fingerprint density at radius 2 is 2.00 bits per heavy atom. The number of hydrogen-bond acceptors (Lipinski definition) is 4. The van der Waals surface area contributed by atoms with Gasteiger partial charge in [-0.15, -0.1) is 0 Å². The zero-order valence-corrected chi connectivity index (χ0v) is 11.4. The number of fused-ring (bicyclic) bond motifs is 1. The lowest BCUT2D eigenvalue weighted by atomic mass is 10.1. The molecule has 1 aromatic carbocycles. The van der Waals surface area contributed by atoms with E-state index in [-0.39, 0.29) is 6.79 Å². The van der Waals surface area contributed by atoms with Crippen molar-refractivity contribution in [2.24, 2.45) is 0 Å². The van der Waals surface area contributed by atoms with Crippen LogP contribution in [-0.2, 0) is 6.54 Å². The molecule has 104 valence electrons. The molecule has 0 bridgehead atoms. The second-order valence-electron chi connectivity index (χ2n) is 5.50. The van der Waals surface area contributed by atoms with E-state index in [9.17, 15) is 5.11 Å². The summed E-state index contributed by atoms with van der Waals surface area (Å²) < 4.78 is 10.7. The Balaban J connectivity index is 1.78. The van der Waals surface area contributed by atoms with Crippen molar-refractivity contribution in [3.63, 3.8) is 0 Å². The monoisotopic (exact) mass is 263 g/mol. The third-order valence-electron chi connectivity index (χ3n) is 4.14. The van der Waals surface area contributed by atoms with Crippen LogP contribution >= 0.6 is 0 Å². The first-order chi connectivity index (χ1) is 9.24. The molecule has 4 heteroatoms. The van der Waals surface area contributed by atoms with Gasteiger partial charge in [-0.05, 0) is 32.4 Å². The van der Waals surface area contributed by atoms with Crippen molar-refractivity contribution in [3.8, 4) is 17.2 Å². The van der Waals surface area contributed by atoms with Gasteiger partial charge in [0, 0.05) is 24.2 Å². The van der Waals surface area contributed by atoms with Crippen molar-refractivity contribution in [1.82, 2.24) is 4.90 Å². The summed E-state index contributed by atoms with van der Waals surface area (Å²) in [6.45, 7) is 4.41. The van der Waals surface area contributed by atoms with Gasteiger partial charge in [0.05, 0.1) is 0 Å². The van der Waals surface area contributed by atoms with E-state index in [0.29, 0.717) is 17.5 Å². The third-order valence-corrected chi connectivity index (χ3v) is 4.14. The third kappa shape index (κ3) is 2.63. The Morgan fingerprint density at radius 1 is 1.21 bits per heavy atom. The number of benzene rings is 1. The van der Waals surface area contributed by atoms with Crippen LogP contribution in [0.1, 0.15) is 38.2 Å². The molecular formula is C15H21NO3. The molecule has 1 atom stereocenters. The molecule has 1 aromatic rings. The lowest BCUT2D eigenvalue weighted by molar-refractivity contribution is 0.173. The maximum Gasteiger partial charge on any atom is 0.231 e. The summed E-state index contributed by atoms with van der Waals surface area (Å²) in [4.78, 5) is 2.45. The summed E-state index contributed by atoms with van der Waals surface area (Å²) in [5, 5.41) is 10.1. The van der Waals surface area contributed by atoms with E-state index < -0.39 is 0 Å². The highest BCUT2D eigenvalue weighted by atomic mass is 16.7. The standard InChI is InChI=1S/C15H21NO3/c1-11-5-3-2-4-6-16(11)9-12-7-14-15(8-13(12)17)19-10-18-14/h7-8,11,17H,2-6,9-10H2,1H3. The molecule has 0 saturated carbocycles. The van der Waals surface area contributed by atoms with Gasteiger partial charge in [0.15, 0.2) is 11.5 Å². The molecule has 3 rings (SSSR count). The zero-order valence-electron chi connectivity index (χ0n) is 11.4. The maximum absolute atomic E-state index is 10.1. The fourth-order valence-corrected chi connectivity index (χ4v) is 2.89. The summed E-state index contributed by atoms with van der Waals surface area (Å²) in [7, 11) is 0. The fraction of sp³-hybridized carbons (Fsp3) is 0.600. The van der Waals surface area contributed by atoms with E-state index in [1.807, 2.05) is 6.07 Å². The summed E-state index contributed by atoms with van der Waals surface area (Å²) in [5.41, 5.74) is 0.929. The van der Waals surface area contributed by atoms with Gasteiger partial charge in [-0.2, -0.15) is 0 Å². The van der Waals surface area contributed by atoms with Gasteiger partial charge < -0.3 is 14.6 Å². The summed E-state index contributed by atoms with van der Waals surface area (Å²) in [6.07, 6.45) is 5.11. The number of ether oxygens (including phenoxy) is 2. The largest absolute Gasteiger partial charge is 0.507 e. The molecule has 2 aliphatic rings. The molecule has 0 aliphatic carbocycles. The Hall–Kier alpha value is -1.42. The van der Waals surface area contributed by atoms with Gasteiger partial charge in [0.2, 0.25) is 6.79 Å². The quantitative estimate of drug-likeness (QED) is 0.891. The van der Waals surface area contributed by atoms with E-state index in [1.165, 1.54) is 25.7 Å². The molecule has 1 saturated heterocycles. The number of phenolic OH excluding ortho intramolecular Hbond substituents is 1. The molecular weight excluding hydrogens is 242 g/mol.